The van der Waals surface area contributed by atoms with Crippen LogP contribution in [0.25, 0.3) is 0 Å². The van der Waals surface area contributed by atoms with Crippen LogP contribution >= 0.6 is 24.0 Å². The maximum absolute atomic E-state index is 13.1. The fraction of sp³-hybridized carbons (Fsp3) is 0.409. The molecule has 2 aromatic carbocycles. The third-order valence-electron chi connectivity index (χ3n) is 5.16. The molecule has 158 valence electrons. The quantitative estimate of drug-likeness (QED) is 0.350. The van der Waals surface area contributed by atoms with Crippen LogP contribution < -0.4 is 15.5 Å². The summed E-state index contributed by atoms with van der Waals surface area (Å²) in [7, 11) is 3.43. The van der Waals surface area contributed by atoms with Gasteiger partial charge in [0.15, 0.2) is 5.96 Å². The van der Waals surface area contributed by atoms with Crippen LogP contribution in [0.1, 0.15) is 24.5 Å². The molecule has 0 radical (unpaired) electrons. The predicted molar refractivity (Wildman–Crippen MR) is 128 cm³/mol. The van der Waals surface area contributed by atoms with E-state index in [0.717, 1.165) is 37.5 Å². The standard InChI is InChI=1S/C22H29FN4O.HI/c1-24-22(25-16-21(28-2)17-8-10-18(23)11-9-17)26-19-12-14-27(15-13-19)20-6-4-3-5-7-20;/h3-11,19,21H,12-16H2,1-2H3,(H2,24,25,26);1H. The number of para-hydroxylation sites is 1. The van der Waals surface area contributed by atoms with Crippen LogP contribution in [-0.2, 0) is 4.74 Å². The number of benzene rings is 2. The summed E-state index contributed by atoms with van der Waals surface area (Å²) < 4.78 is 18.7. The normalized spacial score (nSPS) is 16.1. The summed E-state index contributed by atoms with van der Waals surface area (Å²) >= 11 is 0. The van der Waals surface area contributed by atoms with E-state index in [4.69, 9.17) is 4.74 Å². The number of aliphatic imine (C=N–C) groups is 1. The van der Waals surface area contributed by atoms with Crippen LogP contribution in [-0.4, -0.2) is 45.8 Å². The number of hydrogen-bond donors (Lipinski definition) is 2. The summed E-state index contributed by atoms with van der Waals surface area (Å²) in [5.74, 6) is 0.521. The number of hydrogen-bond acceptors (Lipinski definition) is 3. The average molecular weight is 512 g/mol. The Bertz CT molecular complexity index is 749. The summed E-state index contributed by atoms with van der Waals surface area (Å²) in [4.78, 5) is 6.76. The zero-order chi connectivity index (χ0) is 19.8. The number of piperidine rings is 1. The second kappa shape index (κ2) is 12.0. The van der Waals surface area contributed by atoms with Crippen molar-refractivity contribution in [3.63, 3.8) is 0 Å². The minimum atomic E-state index is -0.245. The lowest BCUT2D eigenvalue weighted by molar-refractivity contribution is 0.106. The minimum Gasteiger partial charge on any atom is -0.375 e. The highest BCUT2D eigenvalue weighted by atomic mass is 127. The topological polar surface area (TPSA) is 48.9 Å². The van der Waals surface area contributed by atoms with E-state index in [2.05, 4.69) is 44.8 Å². The van der Waals surface area contributed by atoms with Crippen molar-refractivity contribution < 1.29 is 9.13 Å². The van der Waals surface area contributed by atoms with Gasteiger partial charge in [-0.15, -0.1) is 24.0 Å². The molecule has 1 heterocycles. The molecular formula is C22H30FIN4O. The molecule has 0 bridgehead atoms. The van der Waals surface area contributed by atoms with Gasteiger partial charge in [-0.05, 0) is 42.7 Å². The van der Waals surface area contributed by atoms with Crippen molar-refractivity contribution >= 4 is 35.6 Å². The van der Waals surface area contributed by atoms with Crippen LogP contribution in [0.3, 0.4) is 0 Å². The number of ether oxygens (including phenoxy) is 1. The Morgan fingerprint density at radius 1 is 1.14 bits per heavy atom. The van der Waals surface area contributed by atoms with Crippen LogP contribution in [0.15, 0.2) is 59.6 Å². The summed E-state index contributed by atoms with van der Waals surface area (Å²) in [5, 5.41) is 6.84. The predicted octanol–water partition coefficient (Wildman–Crippen LogP) is 3.97. The number of guanidine groups is 1. The lowest BCUT2D eigenvalue weighted by Crippen LogP contribution is -2.49. The number of anilines is 1. The Morgan fingerprint density at radius 2 is 1.79 bits per heavy atom. The van der Waals surface area contributed by atoms with Gasteiger partial charge in [0.25, 0.3) is 0 Å². The first-order chi connectivity index (χ1) is 13.7. The largest absolute Gasteiger partial charge is 0.375 e. The van der Waals surface area contributed by atoms with Crippen molar-refractivity contribution in [1.82, 2.24) is 10.6 Å². The van der Waals surface area contributed by atoms with Crippen LogP contribution in [0.2, 0.25) is 0 Å². The Balaban J connectivity index is 0.00000300. The van der Waals surface area contributed by atoms with Crippen molar-refractivity contribution in [3.8, 4) is 0 Å². The second-order valence-electron chi connectivity index (χ2n) is 6.97. The highest BCUT2D eigenvalue weighted by Crippen LogP contribution is 2.19. The highest BCUT2D eigenvalue weighted by molar-refractivity contribution is 14.0. The summed E-state index contributed by atoms with van der Waals surface area (Å²) in [6.45, 7) is 2.61. The fourth-order valence-electron chi connectivity index (χ4n) is 3.51. The van der Waals surface area contributed by atoms with Crippen molar-refractivity contribution in [2.24, 2.45) is 4.99 Å². The molecule has 0 amide bonds. The summed E-state index contributed by atoms with van der Waals surface area (Å²) in [6, 6.07) is 17.3. The summed E-state index contributed by atoms with van der Waals surface area (Å²) in [6.07, 6.45) is 1.95. The highest BCUT2D eigenvalue weighted by Gasteiger charge is 2.20. The van der Waals surface area contributed by atoms with Gasteiger partial charge >= 0.3 is 0 Å². The van der Waals surface area contributed by atoms with Gasteiger partial charge in [-0.1, -0.05) is 30.3 Å². The van der Waals surface area contributed by atoms with E-state index < -0.39 is 0 Å². The van der Waals surface area contributed by atoms with Gasteiger partial charge in [0.2, 0.25) is 0 Å². The van der Waals surface area contributed by atoms with Crippen molar-refractivity contribution in [1.29, 1.82) is 0 Å². The number of methoxy groups -OCH3 is 1. The molecule has 29 heavy (non-hydrogen) atoms. The van der Waals surface area contributed by atoms with E-state index in [1.807, 2.05) is 6.07 Å². The van der Waals surface area contributed by atoms with Crippen LogP contribution in [0, 0.1) is 5.82 Å². The molecular weight excluding hydrogens is 482 g/mol. The van der Waals surface area contributed by atoms with Crippen LogP contribution in [0.4, 0.5) is 10.1 Å². The first-order valence-corrected chi connectivity index (χ1v) is 9.75. The van der Waals surface area contributed by atoms with Gasteiger partial charge in [-0.2, -0.15) is 0 Å². The Morgan fingerprint density at radius 3 is 2.38 bits per heavy atom. The van der Waals surface area contributed by atoms with E-state index in [9.17, 15) is 4.39 Å². The van der Waals surface area contributed by atoms with Crippen molar-refractivity contribution in [2.75, 3.05) is 38.7 Å². The molecule has 0 aliphatic carbocycles. The lowest BCUT2D eigenvalue weighted by atomic mass is 10.0. The molecule has 0 aromatic heterocycles. The third kappa shape index (κ3) is 6.85. The molecule has 1 unspecified atom stereocenters. The molecule has 1 atom stereocenters. The SMILES string of the molecule is CN=C(NCC(OC)c1ccc(F)cc1)NC1CCN(c2ccccc2)CC1.I. The maximum atomic E-state index is 13.1. The minimum absolute atomic E-state index is 0. The summed E-state index contributed by atoms with van der Waals surface area (Å²) in [5.41, 5.74) is 2.22. The first-order valence-electron chi connectivity index (χ1n) is 9.75. The number of nitrogens with one attached hydrogen (secondary N) is 2. The van der Waals surface area contributed by atoms with Gasteiger partial charge < -0.3 is 20.3 Å². The Labute approximate surface area is 189 Å². The molecule has 1 aliphatic rings. The molecule has 0 spiro atoms. The molecule has 2 N–H and O–H groups in total. The molecule has 3 rings (SSSR count). The van der Waals surface area contributed by atoms with E-state index in [1.54, 1.807) is 26.3 Å². The molecule has 7 heteroatoms. The van der Waals surface area contributed by atoms with Gasteiger partial charge in [0.05, 0.1) is 6.10 Å². The Kier molecular flexibility index (Phi) is 9.66. The van der Waals surface area contributed by atoms with E-state index in [1.165, 1.54) is 17.8 Å². The number of nitrogens with zero attached hydrogens (tertiary/aromatic N) is 2. The van der Waals surface area contributed by atoms with E-state index in [-0.39, 0.29) is 35.9 Å². The second-order valence-corrected chi connectivity index (χ2v) is 6.97. The molecule has 2 aromatic rings. The third-order valence-corrected chi connectivity index (χ3v) is 5.16. The zero-order valence-corrected chi connectivity index (χ0v) is 19.3. The molecule has 5 nitrogen and oxygen atoms in total. The first kappa shape index (κ1) is 23.4. The molecule has 1 fully saturated rings. The van der Waals surface area contributed by atoms with Gasteiger partial charge in [0, 0.05) is 45.5 Å². The zero-order valence-electron chi connectivity index (χ0n) is 17.0. The maximum Gasteiger partial charge on any atom is 0.191 e. The van der Waals surface area contributed by atoms with Gasteiger partial charge in [-0.25, -0.2) is 4.39 Å². The molecule has 1 aliphatic heterocycles. The van der Waals surface area contributed by atoms with E-state index in [0.29, 0.717) is 12.6 Å². The van der Waals surface area contributed by atoms with Crippen molar-refractivity contribution in [3.05, 3.63) is 66.0 Å². The van der Waals surface area contributed by atoms with Crippen LogP contribution in [0.5, 0.6) is 0 Å². The smallest absolute Gasteiger partial charge is 0.191 e. The number of rotatable bonds is 6. The fourth-order valence-corrected chi connectivity index (χ4v) is 3.51. The lowest BCUT2D eigenvalue weighted by Gasteiger charge is -2.34. The number of halogens is 2. The average Bonchev–Trinajstić information content (AvgIpc) is 2.75. The van der Waals surface area contributed by atoms with Gasteiger partial charge in [0.1, 0.15) is 5.82 Å². The van der Waals surface area contributed by atoms with Crippen molar-refractivity contribution in [2.45, 2.75) is 25.0 Å². The monoisotopic (exact) mass is 512 g/mol. The molecule has 0 saturated carbocycles. The molecule has 1 saturated heterocycles. The van der Waals surface area contributed by atoms with Gasteiger partial charge in [-0.3, -0.25) is 4.99 Å². The Hall–Kier alpha value is -1.87. The van der Waals surface area contributed by atoms with E-state index >= 15 is 0 Å².